The second-order valence-electron chi connectivity index (χ2n) is 14.4. The maximum atomic E-state index is 12.2. The Kier molecular flexibility index (Phi) is 41.0. The summed E-state index contributed by atoms with van der Waals surface area (Å²) in [5.41, 5.74) is 0. The summed E-state index contributed by atoms with van der Waals surface area (Å²) in [5.74, 6) is -0.625. The summed E-state index contributed by atoms with van der Waals surface area (Å²) in [7, 11) is 0. The average molecular weight is 727 g/mol. The largest absolute Gasteiger partial charge is 0.462 e. The SMILES string of the molecule is CCC=CCC=CCC=CCC=CCC=CCCCCCC(=O)OC[C@H](CO)OC(=O)CCCCCCCCCCCCCCCCCCCCC. The van der Waals surface area contributed by atoms with Gasteiger partial charge in [0.1, 0.15) is 6.61 Å². The lowest BCUT2D eigenvalue weighted by atomic mass is 10.0. The highest BCUT2D eigenvalue weighted by atomic mass is 16.6. The van der Waals surface area contributed by atoms with Crippen molar-refractivity contribution < 1.29 is 24.2 Å². The van der Waals surface area contributed by atoms with Crippen molar-refractivity contribution in [2.75, 3.05) is 13.2 Å². The van der Waals surface area contributed by atoms with Crippen LogP contribution in [0.15, 0.2) is 60.8 Å². The molecule has 300 valence electrons. The minimum absolute atomic E-state index is 0.0830. The molecule has 0 amide bonds. The fourth-order valence-corrected chi connectivity index (χ4v) is 6.05. The average Bonchev–Trinajstić information content (AvgIpc) is 3.15. The van der Waals surface area contributed by atoms with Crippen LogP contribution in [0.2, 0.25) is 0 Å². The van der Waals surface area contributed by atoms with E-state index < -0.39 is 6.10 Å². The van der Waals surface area contributed by atoms with Crippen molar-refractivity contribution in [3.8, 4) is 0 Å². The van der Waals surface area contributed by atoms with Gasteiger partial charge in [0.15, 0.2) is 6.10 Å². The van der Waals surface area contributed by atoms with Gasteiger partial charge >= 0.3 is 11.9 Å². The van der Waals surface area contributed by atoms with Gasteiger partial charge in [-0.25, -0.2) is 0 Å². The number of ether oxygens (including phenoxy) is 2. The lowest BCUT2D eigenvalue weighted by Crippen LogP contribution is -2.28. The number of esters is 2. The van der Waals surface area contributed by atoms with E-state index >= 15 is 0 Å². The second-order valence-corrected chi connectivity index (χ2v) is 14.4. The van der Waals surface area contributed by atoms with E-state index in [1.165, 1.54) is 103 Å². The number of rotatable bonds is 39. The number of carbonyl (C=O) groups is 2. The van der Waals surface area contributed by atoms with Gasteiger partial charge in [0.2, 0.25) is 0 Å². The molecule has 0 saturated carbocycles. The van der Waals surface area contributed by atoms with E-state index in [4.69, 9.17) is 9.47 Å². The van der Waals surface area contributed by atoms with E-state index in [0.29, 0.717) is 12.8 Å². The predicted molar refractivity (Wildman–Crippen MR) is 223 cm³/mol. The van der Waals surface area contributed by atoms with Crippen molar-refractivity contribution in [3.05, 3.63) is 60.8 Å². The smallest absolute Gasteiger partial charge is 0.306 e. The molecule has 52 heavy (non-hydrogen) atoms. The number of hydrogen-bond acceptors (Lipinski definition) is 5. The number of aliphatic hydroxyl groups excluding tert-OH is 1. The minimum Gasteiger partial charge on any atom is -0.462 e. The van der Waals surface area contributed by atoms with Crippen molar-refractivity contribution in [3.63, 3.8) is 0 Å². The van der Waals surface area contributed by atoms with Gasteiger partial charge in [-0.1, -0.05) is 197 Å². The van der Waals surface area contributed by atoms with Gasteiger partial charge in [0.05, 0.1) is 6.61 Å². The molecule has 0 bridgehead atoms. The first-order valence-corrected chi connectivity index (χ1v) is 21.8. The van der Waals surface area contributed by atoms with Crippen LogP contribution < -0.4 is 0 Å². The molecule has 0 radical (unpaired) electrons. The molecule has 0 heterocycles. The lowest BCUT2D eigenvalue weighted by Gasteiger charge is -2.15. The van der Waals surface area contributed by atoms with Gasteiger partial charge in [-0.05, 0) is 57.8 Å². The highest BCUT2D eigenvalue weighted by Gasteiger charge is 2.16. The van der Waals surface area contributed by atoms with Gasteiger partial charge < -0.3 is 14.6 Å². The fraction of sp³-hybridized carbons (Fsp3) is 0.745. The molecule has 0 aromatic rings. The molecule has 0 rings (SSSR count). The van der Waals surface area contributed by atoms with E-state index in [1.54, 1.807) is 0 Å². The zero-order valence-electron chi connectivity index (χ0n) is 34.1. The third kappa shape index (κ3) is 40.4. The van der Waals surface area contributed by atoms with Gasteiger partial charge in [-0.3, -0.25) is 9.59 Å². The summed E-state index contributed by atoms with van der Waals surface area (Å²) >= 11 is 0. The molecule has 1 N–H and O–H groups in total. The van der Waals surface area contributed by atoms with Crippen molar-refractivity contribution in [1.29, 1.82) is 0 Å². The zero-order chi connectivity index (χ0) is 37.8. The van der Waals surface area contributed by atoms with Crippen LogP contribution in [-0.2, 0) is 19.1 Å². The molecule has 0 spiro atoms. The topological polar surface area (TPSA) is 72.8 Å². The summed E-state index contributed by atoms with van der Waals surface area (Å²) in [6, 6.07) is 0. The van der Waals surface area contributed by atoms with Crippen LogP contribution in [0.5, 0.6) is 0 Å². The molecule has 0 aliphatic carbocycles. The Bertz CT molecular complexity index is 915. The molecule has 0 aromatic heterocycles. The van der Waals surface area contributed by atoms with Gasteiger partial charge in [0.25, 0.3) is 0 Å². The van der Waals surface area contributed by atoms with Gasteiger partial charge in [-0.15, -0.1) is 0 Å². The molecule has 0 saturated heterocycles. The quantitative estimate of drug-likeness (QED) is 0.0388. The lowest BCUT2D eigenvalue weighted by molar-refractivity contribution is -0.161. The minimum atomic E-state index is -0.785. The molecule has 5 heteroatoms. The van der Waals surface area contributed by atoms with Crippen LogP contribution in [0.3, 0.4) is 0 Å². The summed E-state index contributed by atoms with van der Waals surface area (Å²) in [6.07, 6.45) is 55.8. The summed E-state index contributed by atoms with van der Waals surface area (Å²) in [4.78, 5) is 24.3. The molecule has 0 aromatic carbocycles. The van der Waals surface area contributed by atoms with Crippen molar-refractivity contribution in [2.24, 2.45) is 0 Å². The molecule has 5 nitrogen and oxygen atoms in total. The Morgan fingerprint density at radius 3 is 1.25 bits per heavy atom. The molecule has 0 aliphatic heterocycles. The molecule has 0 fully saturated rings. The van der Waals surface area contributed by atoms with Gasteiger partial charge in [-0.2, -0.15) is 0 Å². The van der Waals surface area contributed by atoms with Crippen LogP contribution in [-0.4, -0.2) is 36.4 Å². The normalized spacial score (nSPS) is 12.8. The maximum absolute atomic E-state index is 12.2. The first kappa shape index (κ1) is 49.6. The van der Waals surface area contributed by atoms with Crippen molar-refractivity contribution in [1.82, 2.24) is 0 Å². The van der Waals surface area contributed by atoms with Crippen LogP contribution in [0, 0.1) is 0 Å². The third-order valence-electron chi connectivity index (χ3n) is 9.33. The molecular formula is C47H82O5. The first-order valence-electron chi connectivity index (χ1n) is 21.8. The van der Waals surface area contributed by atoms with E-state index in [2.05, 4.69) is 74.6 Å². The van der Waals surface area contributed by atoms with E-state index in [9.17, 15) is 14.7 Å². The first-order chi connectivity index (χ1) is 25.6. The summed E-state index contributed by atoms with van der Waals surface area (Å²) in [5, 5.41) is 9.58. The number of hydrogen-bond donors (Lipinski definition) is 1. The number of unbranched alkanes of at least 4 members (excludes halogenated alkanes) is 21. The highest BCUT2D eigenvalue weighted by molar-refractivity contribution is 5.70. The number of allylic oxidation sites excluding steroid dienone is 10. The van der Waals surface area contributed by atoms with E-state index in [1.807, 2.05) is 0 Å². The van der Waals surface area contributed by atoms with Crippen LogP contribution in [0.4, 0.5) is 0 Å². The van der Waals surface area contributed by atoms with E-state index in [0.717, 1.165) is 77.0 Å². The van der Waals surface area contributed by atoms with Crippen molar-refractivity contribution in [2.45, 2.75) is 213 Å². The zero-order valence-corrected chi connectivity index (χ0v) is 34.1. The van der Waals surface area contributed by atoms with E-state index in [-0.39, 0.29) is 25.2 Å². The number of aliphatic hydroxyl groups is 1. The maximum Gasteiger partial charge on any atom is 0.306 e. The Hall–Kier alpha value is -2.40. The fourth-order valence-electron chi connectivity index (χ4n) is 6.05. The Balaban J connectivity index is 3.59. The highest BCUT2D eigenvalue weighted by Crippen LogP contribution is 2.15. The van der Waals surface area contributed by atoms with Crippen LogP contribution >= 0.6 is 0 Å². The second kappa shape index (κ2) is 43.0. The molecular weight excluding hydrogens is 645 g/mol. The Morgan fingerprint density at radius 2 is 0.827 bits per heavy atom. The molecule has 1 atom stereocenters. The predicted octanol–water partition coefficient (Wildman–Crippen LogP) is 14.0. The van der Waals surface area contributed by atoms with Gasteiger partial charge in [0, 0.05) is 12.8 Å². The standard InChI is InChI=1S/C47H82O5/c1-3-5-7-9-11-13-15-17-19-21-23-25-27-29-31-33-35-37-39-41-46(49)51-44-45(43-48)52-47(50)42-40-38-36-34-32-30-28-26-24-22-20-18-16-14-12-10-8-6-4-2/h5,7,11,13,17,19,23,25,29,31,45,48H,3-4,6,8-10,12,14-16,18,20-22,24,26-28,30,32-44H2,1-2H3/t45-/m0/s1. The summed E-state index contributed by atoms with van der Waals surface area (Å²) < 4.78 is 10.6. The van der Waals surface area contributed by atoms with Crippen LogP contribution in [0.25, 0.3) is 0 Å². The Morgan fingerprint density at radius 1 is 0.462 bits per heavy atom. The van der Waals surface area contributed by atoms with Crippen molar-refractivity contribution >= 4 is 11.9 Å². The summed E-state index contributed by atoms with van der Waals surface area (Å²) in [6.45, 7) is 4.01. The Labute approximate surface area is 321 Å². The molecule has 0 unspecified atom stereocenters. The number of carbonyl (C=O) groups excluding carboxylic acids is 2. The molecule has 0 aliphatic rings. The third-order valence-corrected chi connectivity index (χ3v) is 9.33. The monoisotopic (exact) mass is 727 g/mol. The van der Waals surface area contributed by atoms with Crippen LogP contribution in [0.1, 0.15) is 206 Å².